The molecule has 0 bridgehead atoms. The van der Waals surface area contributed by atoms with Crippen LogP contribution in [0, 0.1) is 0 Å². The number of nitrogens with one attached hydrogen (secondary N) is 3. The number of halogens is 1. The SMILES string of the molecule is CC(C)(C)c1cc(CC(=O)NCCCC[C@H](NC(=O)c2ccc(C(=O)NS(=O)(=O)c3ccc(Cl)cc3)cc2)C(=O)O)cc(C(C)(C)C)c1O. The van der Waals surface area contributed by atoms with Crippen LogP contribution in [0.4, 0.5) is 0 Å². The first-order valence-corrected chi connectivity index (χ1v) is 17.6. The third-order valence-corrected chi connectivity index (χ3v) is 9.35. The molecular weight excluding hydrogens is 670 g/mol. The smallest absolute Gasteiger partial charge is 0.326 e. The lowest BCUT2D eigenvalue weighted by Crippen LogP contribution is -2.40. The molecule has 0 spiro atoms. The van der Waals surface area contributed by atoms with Crippen molar-refractivity contribution in [3.05, 3.63) is 93.5 Å². The van der Waals surface area contributed by atoms with Crippen LogP contribution >= 0.6 is 11.6 Å². The highest BCUT2D eigenvalue weighted by molar-refractivity contribution is 7.90. The summed E-state index contributed by atoms with van der Waals surface area (Å²) in [7, 11) is -4.16. The highest BCUT2D eigenvalue weighted by Gasteiger charge is 2.27. The molecule has 3 aromatic carbocycles. The van der Waals surface area contributed by atoms with Crippen LogP contribution < -0.4 is 15.4 Å². The number of aliphatic carboxylic acids is 1. The van der Waals surface area contributed by atoms with Gasteiger partial charge >= 0.3 is 5.97 Å². The third-order valence-electron chi connectivity index (χ3n) is 7.76. The van der Waals surface area contributed by atoms with Gasteiger partial charge in [0.2, 0.25) is 5.91 Å². The third kappa shape index (κ3) is 11.0. The number of aromatic hydroxyl groups is 1. The van der Waals surface area contributed by atoms with Crippen molar-refractivity contribution in [2.24, 2.45) is 0 Å². The number of carbonyl (C=O) groups is 4. The Labute approximate surface area is 292 Å². The Bertz CT molecular complexity index is 1760. The van der Waals surface area contributed by atoms with Crippen molar-refractivity contribution in [2.75, 3.05) is 6.54 Å². The van der Waals surface area contributed by atoms with Crippen LogP contribution in [-0.2, 0) is 36.9 Å². The van der Waals surface area contributed by atoms with Crippen molar-refractivity contribution in [3.8, 4) is 5.75 Å². The van der Waals surface area contributed by atoms with E-state index in [0.717, 1.165) is 16.7 Å². The van der Waals surface area contributed by atoms with E-state index >= 15 is 0 Å². The molecule has 0 aliphatic heterocycles. The van der Waals surface area contributed by atoms with Gasteiger partial charge in [-0.2, -0.15) is 0 Å². The van der Waals surface area contributed by atoms with Crippen molar-refractivity contribution in [1.29, 1.82) is 0 Å². The zero-order valence-electron chi connectivity index (χ0n) is 28.5. The van der Waals surface area contributed by atoms with Gasteiger partial charge in [0.05, 0.1) is 11.3 Å². The van der Waals surface area contributed by atoms with Crippen LogP contribution in [0.15, 0.2) is 65.6 Å². The zero-order chi connectivity index (χ0) is 36.7. The number of sulfonamides is 1. The number of unbranched alkanes of at least 4 members (excludes halogenated alkanes) is 1. The van der Waals surface area contributed by atoms with Gasteiger partial charge in [-0.05, 0) is 95.3 Å². The van der Waals surface area contributed by atoms with Gasteiger partial charge in [-0.1, -0.05) is 65.3 Å². The standard InChI is InChI=1S/C36H44ClN3O8S/c1-35(2,3)27-19-22(20-28(31(27)42)36(4,5)6)21-30(41)38-18-8-7-9-29(34(45)46)39-32(43)23-10-12-24(13-11-23)33(44)40-49(47,48)26-16-14-25(37)15-17-26/h10-17,19-20,29,42H,7-9,18,21H2,1-6H3,(H,38,41)(H,39,43)(H,40,44)(H,45,46)/t29-/m0/s1. The van der Waals surface area contributed by atoms with E-state index in [1.54, 1.807) is 0 Å². The molecule has 0 radical (unpaired) electrons. The van der Waals surface area contributed by atoms with E-state index in [9.17, 15) is 37.8 Å². The normalized spacial score (nSPS) is 12.6. The lowest BCUT2D eigenvalue weighted by Gasteiger charge is -2.28. The van der Waals surface area contributed by atoms with Crippen LogP contribution in [0.25, 0.3) is 0 Å². The molecule has 0 heterocycles. The first kappa shape index (κ1) is 39.0. The average molecular weight is 714 g/mol. The van der Waals surface area contributed by atoms with E-state index in [4.69, 9.17) is 11.6 Å². The number of carboxylic acid groups (broad SMARTS) is 1. The van der Waals surface area contributed by atoms with Crippen molar-refractivity contribution < 1.29 is 37.8 Å². The number of rotatable bonds is 13. The minimum absolute atomic E-state index is 0.0272. The molecule has 0 saturated heterocycles. The van der Waals surface area contributed by atoms with Gasteiger partial charge in [-0.25, -0.2) is 17.9 Å². The highest BCUT2D eigenvalue weighted by atomic mass is 35.5. The average Bonchev–Trinajstić information content (AvgIpc) is 2.99. The maximum absolute atomic E-state index is 12.8. The largest absolute Gasteiger partial charge is 0.507 e. The minimum atomic E-state index is -4.16. The molecule has 0 aliphatic carbocycles. The first-order chi connectivity index (χ1) is 22.7. The summed E-state index contributed by atoms with van der Waals surface area (Å²) in [4.78, 5) is 49.8. The second kappa shape index (κ2) is 15.9. The topological polar surface area (TPSA) is 179 Å². The summed E-state index contributed by atoms with van der Waals surface area (Å²) < 4.78 is 26.9. The molecule has 3 aromatic rings. The number of hydrogen-bond donors (Lipinski definition) is 5. The molecule has 1 atom stereocenters. The summed E-state index contributed by atoms with van der Waals surface area (Å²) in [6.07, 6.45) is 1.12. The predicted molar refractivity (Wildman–Crippen MR) is 188 cm³/mol. The van der Waals surface area contributed by atoms with Crippen molar-refractivity contribution >= 4 is 45.3 Å². The number of phenols is 1. The van der Waals surface area contributed by atoms with Gasteiger partial charge in [0.25, 0.3) is 21.8 Å². The quantitative estimate of drug-likeness (QED) is 0.145. The first-order valence-electron chi connectivity index (χ1n) is 15.8. The van der Waals surface area contributed by atoms with E-state index in [2.05, 4.69) is 10.6 Å². The second-order valence-electron chi connectivity index (χ2n) is 13.9. The molecule has 3 amide bonds. The highest BCUT2D eigenvalue weighted by Crippen LogP contribution is 2.39. The van der Waals surface area contributed by atoms with Gasteiger partial charge < -0.3 is 20.8 Å². The van der Waals surface area contributed by atoms with Crippen LogP contribution in [0.3, 0.4) is 0 Å². The summed E-state index contributed by atoms with van der Waals surface area (Å²) in [6.45, 7) is 12.3. The fraction of sp³-hybridized carbons (Fsp3) is 0.389. The van der Waals surface area contributed by atoms with E-state index in [1.807, 2.05) is 58.4 Å². The number of phenolic OH excluding ortho intramolecular Hbond substituents is 1. The molecule has 264 valence electrons. The van der Waals surface area contributed by atoms with Crippen molar-refractivity contribution in [1.82, 2.24) is 15.4 Å². The van der Waals surface area contributed by atoms with E-state index in [1.165, 1.54) is 48.5 Å². The Morgan fingerprint density at radius 3 is 1.80 bits per heavy atom. The Kier molecular flexibility index (Phi) is 12.6. The Morgan fingerprint density at radius 1 is 0.796 bits per heavy atom. The fourth-order valence-corrected chi connectivity index (χ4v) is 6.11. The van der Waals surface area contributed by atoms with Gasteiger partial charge in [0.15, 0.2) is 0 Å². The van der Waals surface area contributed by atoms with Gasteiger partial charge in [0, 0.05) is 22.7 Å². The molecule has 0 fully saturated rings. The molecular formula is C36H44ClN3O8S. The number of carbonyl (C=O) groups excluding carboxylic acids is 3. The van der Waals surface area contributed by atoms with Crippen LogP contribution in [0.5, 0.6) is 5.75 Å². The molecule has 3 rings (SSSR count). The maximum atomic E-state index is 12.8. The van der Waals surface area contributed by atoms with E-state index < -0.39 is 33.8 Å². The van der Waals surface area contributed by atoms with Gasteiger partial charge in [-0.3, -0.25) is 14.4 Å². The van der Waals surface area contributed by atoms with Crippen LogP contribution in [0.2, 0.25) is 5.02 Å². The lowest BCUT2D eigenvalue weighted by molar-refractivity contribution is -0.139. The lowest BCUT2D eigenvalue weighted by atomic mass is 9.78. The number of hydrogen-bond acceptors (Lipinski definition) is 7. The monoisotopic (exact) mass is 713 g/mol. The molecule has 49 heavy (non-hydrogen) atoms. The molecule has 13 heteroatoms. The minimum Gasteiger partial charge on any atom is -0.507 e. The summed E-state index contributed by atoms with van der Waals surface area (Å²) in [5, 5.41) is 26.3. The van der Waals surface area contributed by atoms with Gasteiger partial charge in [-0.15, -0.1) is 0 Å². The molecule has 11 nitrogen and oxygen atoms in total. The number of benzene rings is 3. The fourth-order valence-electron chi connectivity index (χ4n) is 5.01. The molecule has 0 aromatic heterocycles. The van der Waals surface area contributed by atoms with Crippen LogP contribution in [0.1, 0.15) is 98.2 Å². The zero-order valence-corrected chi connectivity index (χ0v) is 30.1. The Hall–Kier alpha value is -4.42. The summed E-state index contributed by atoms with van der Waals surface area (Å²) >= 11 is 5.79. The molecule has 0 unspecified atom stereocenters. The van der Waals surface area contributed by atoms with Crippen molar-refractivity contribution in [3.63, 3.8) is 0 Å². The molecule has 0 saturated carbocycles. The number of carboxylic acids is 1. The summed E-state index contributed by atoms with van der Waals surface area (Å²) in [5.41, 5.74) is 1.73. The predicted octanol–water partition coefficient (Wildman–Crippen LogP) is 5.47. The van der Waals surface area contributed by atoms with Gasteiger partial charge in [0.1, 0.15) is 11.8 Å². The van der Waals surface area contributed by atoms with Crippen molar-refractivity contribution in [2.45, 2.75) is 89.0 Å². The Balaban J connectivity index is 1.51. The summed E-state index contributed by atoms with van der Waals surface area (Å²) in [6, 6.07) is 12.9. The van der Waals surface area contributed by atoms with Crippen LogP contribution in [-0.4, -0.2) is 54.9 Å². The summed E-state index contributed by atoms with van der Waals surface area (Å²) in [5.74, 6) is -2.78. The maximum Gasteiger partial charge on any atom is 0.326 e. The number of amides is 3. The molecule has 5 N–H and O–H groups in total. The van der Waals surface area contributed by atoms with E-state index in [-0.39, 0.29) is 51.4 Å². The Morgan fingerprint density at radius 2 is 1.31 bits per heavy atom. The molecule has 0 aliphatic rings. The van der Waals surface area contributed by atoms with E-state index in [0.29, 0.717) is 24.4 Å². The second-order valence-corrected chi connectivity index (χ2v) is 16.0.